The lowest BCUT2D eigenvalue weighted by molar-refractivity contribution is 0.261. The van der Waals surface area contributed by atoms with Crippen molar-refractivity contribution >= 4 is 16.5 Å². The van der Waals surface area contributed by atoms with E-state index in [0.717, 1.165) is 12.1 Å². The number of fused-ring (bicyclic) bond motifs is 1. The Morgan fingerprint density at radius 2 is 1.76 bits per heavy atom. The fourth-order valence-electron chi connectivity index (χ4n) is 2.04. The van der Waals surface area contributed by atoms with Gasteiger partial charge in [0.05, 0.1) is 0 Å². The first-order valence-electron chi connectivity index (χ1n) is 5.99. The molecule has 2 heteroatoms. The summed E-state index contributed by atoms with van der Waals surface area (Å²) in [6.45, 7) is 4.40. The van der Waals surface area contributed by atoms with E-state index in [4.69, 9.17) is 5.11 Å². The number of aliphatic hydroxyl groups is 1. The van der Waals surface area contributed by atoms with Gasteiger partial charge in [-0.1, -0.05) is 36.4 Å². The quantitative estimate of drug-likeness (QED) is 0.842. The normalized spacial score (nSPS) is 11.7. The first-order valence-corrected chi connectivity index (χ1v) is 5.99. The fourth-order valence-corrected chi connectivity index (χ4v) is 2.04. The smallest absolute Gasteiger partial charge is 0.0453 e. The molecule has 0 aromatic heterocycles. The molecule has 0 radical (unpaired) electrons. The maximum absolute atomic E-state index is 9.05. The van der Waals surface area contributed by atoms with Gasteiger partial charge in [0.15, 0.2) is 0 Å². The molecule has 0 aliphatic carbocycles. The summed E-state index contributed by atoms with van der Waals surface area (Å²) in [6.07, 6.45) is 0.732. The van der Waals surface area contributed by atoms with Gasteiger partial charge < -0.3 is 10.4 Å². The number of anilines is 1. The van der Waals surface area contributed by atoms with Gasteiger partial charge in [0.1, 0.15) is 0 Å². The van der Waals surface area contributed by atoms with E-state index in [2.05, 4.69) is 49.5 Å². The highest BCUT2D eigenvalue weighted by atomic mass is 16.3. The van der Waals surface area contributed by atoms with Crippen LogP contribution in [0.15, 0.2) is 42.5 Å². The van der Waals surface area contributed by atoms with E-state index in [-0.39, 0.29) is 12.1 Å². The van der Waals surface area contributed by atoms with E-state index in [1.807, 2.05) is 12.1 Å². The summed E-state index contributed by atoms with van der Waals surface area (Å²) >= 11 is 0. The summed E-state index contributed by atoms with van der Waals surface area (Å²) in [5, 5.41) is 15.0. The summed E-state index contributed by atoms with van der Waals surface area (Å²) in [7, 11) is 0. The summed E-state index contributed by atoms with van der Waals surface area (Å²) in [4.78, 5) is 0. The third-order valence-corrected chi connectivity index (χ3v) is 3.00. The van der Waals surface area contributed by atoms with Crippen LogP contribution in [0.5, 0.6) is 0 Å². The number of benzene rings is 2. The van der Waals surface area contributed by atoms with E-state index in [1.54, 1.807) is 0 Å². The van der Waals surface area contributed by atoms with Gasteiger partial charge in [0, 0.05) is 23.2 Å². The van der Waals surface area contributed by atoms with E-state index in [9.17, 15) is 0 Å². The van der Waals surface area contributed by atoms with Crippen LogP contribution in [0.2, 0.25) is 0 Å². The Bertz CT molecular complexity index is 500. The molecule has 0 aliphatic rings. The van der Waals surface area contributed by atoms with E-state index >= 15 is 0 Å². The highest BCUT2D eigenvalue weighted by Crippen LogP contribution is 2.26. The van der Waals surface area contributed by atoms with Crippen molar-refractivity contribution in [2.75, 3.05) is 11.9 Å². The molecule has 2 nitrogen and oxygen atoms in total. The molecule has 0 aliphatic heterocycles. The van der Waals surface area contributed by atoms with Gasteiger partial charge in [-0.15, -0.1) is 0 Å². The van der Waals surface area contributed by atoms with Crippen LogP contribution in [0, 0.1) is 0 Å². The fraction of sp³-hybridized carbons (Fsp3) is 0.333. The minimum absolute atomic E-state index is 0.0983. The average Bonchev–Trinajstić information content (AvgIpc) is 2.29. The molecule has 0 spiro atoms. The zero-order valence-corrected chi connectivity index (χ0v) is 10.4. The molecule has 0 saturated heterocycles. The number of aliphatic hydroxyl groups excluding tert-OH is 1. The number of rotatable bonds is 4. The molecule has 0 amide bonds. The summed E-state index contributed by atoms with van der Waals surface area (Å²) in [5.74, 6) is 0. The second kappa shape index (κ2) is 4.76. The molecule has 0 saturated carbocycles. The van der Waals surface area contributed by atoms with Crippen LogP contribution in [0.1, 0.15) is 20.3 Å². The monoisotopic (exact) mass is 229 g/mol. The van der Waals surface area contributed by atoms with Crippen molar-refractivity contribution in [1.29, 1.82) is 0 Å². The van der Waals surface area contributed by atoms with E-state index in [0.29, 0.717) is 0 Å². The molecule has 0 heterocycles. The van der Waals surface area contributed by atoms with Gasteiger partial charge in [-0.2, -0.15) is 0 Å². The molecule has 2 aromatic rings. The van der Waals surface area contributed by atoms with Crippen molar-refractivity contribution < 1.29 is 5.11 Å². The Kier molecular flexibility index (Phi) is 3.34. The maximum Gasteiger partial charge on any atom is 0.0453 e. The molecular formula is C15H19NO. The van der Waals surface area contributed by atoms with Crippen molar-refractivity contribution in [1.82, 2.24) is 0 Å². The highest BCUT2D eigenvalue weighted by molar-refractivity contribution is 5.94. The summed E-state index contributed by atoms with van der Waals surface area (Å²) < 4.78 is 0. The van der Waals surface area contributed by atoms with Crippen molar-refractivity contribution in [2.45, 2.75) is 25.8 Å². The Labute approximate surface area is 102 Å². The molecular weight excluding hydrogens is 210 g/mol. The van der Waals surface area contributed by atoms with Crippen LogP contribution in [0.4, 0.5) is 5.69 Å². The standard InChI is InChI=1S/C15H19NO/c1-15(2,10-11-17)16-14-9-5-7-12-6-3-4-8-13(12)14/h3-9,16-17H,10-11H2,1-2H3. The van der Waals surface area contributed by atoms with Crippen molar-refractivity contribution in [3.63, 3.8) is 0 Å². The lowest BCUT2D eigenvalue weighted by Gasteiger charge is -2.27. The molecule has 0 unspecified atom stereocenters. The molecule has 17 heavy (non-hydrogen) atoms. The highest BCUT2D eigenvalue weighted by Gasteiger charge is 2.17. The third kappa shape index (κ3) is 2.77. The maximum atomic E-state index is 9.05. The van der Waals surface area contributed by atoms with Crippen LogP contribution in [-0.4, -0.2) is 17.3 Å². The molecule has 2 N–H and O–H groups in total. The van der Waals surface area contributed by atoms with Gasteiger partial charge in [-0.25, -0.2) is 0 Å². The molecule has 0 atom stereocenters. The van der Waals surface area contributed by atoms with Crippen LogP contribution in [0.25, 0.3) is 10.8 Å². The zero-order valence-electron chi connectivity index (χ0n) is 10.4. The van der Waals surface area contributed by atoms with Crippen LogP contribution >= 0.6 is 0 Å². The average molecular weight is 229 g/mol. The Balaban J connectivity index is 2.36. The number of nitrogens with one attached hydrogen (secondary N) is 1. The predicted molar refractivity (Wildman–Crippen MR) is 73.4 cm³/mol. The van der Waals surface area contributed by atoms with Gasteiger partial charge in [0.2, 0.25) is 0 Å². The minimum Gasteiger partial charge on any atom is -0.396 e. The summed E-state index contributed by atoms with van der Waals surface area (Å²) in [6, 6.07) is 14.6. The van der Waals surface area contributed by atoms with Gasteiger partial charge in [-0.3, -0.25) is 0 Å². The van der Waals surface area contributed by atoms with Crippen LogP contribution in [0.3, 0.4) is 0 Å². The zero-order chi connectivity index (χ0) is 12.3. The van der Waals surface area contributed by atoms with Crippen molar-refractivity contribution in [2.24, 2.45) is 0 Å². The molecule has 2 rings (SSSR count). The second-order valence-corrected chi connectivity index (χ2v) is 5.01. The lowest BCUT2D eigenvalue weighted by atomic mass is 9.99. The Hall–Kier alpha value is -1.54. The van der Waals surface area contributed by atoms with Crippen LogP contribution < -0.4 is 5.32 Å². The third-order valence-electron chi connectivity index (χ3n) is 3.00. The van der Waals surface area contributed by atoms with Gasteiger partial charge in [-0.05, 0) is 31.7 Å². The molecule has 0 bridgehead atoms. The number of hydrogen-bond acceptors (Lipinski definition) is 2. The minimum atomic E-state index is -0.0983. The number of hydrogen-bond donors (Lipinski definition) is 2. The van der Waals surface area contributed by atoms with E-state index in [1.165, 1.54) is 10.8 Å². The summed E-state index contributed by atoms with van der Waals surface area (Å²) in [5.41, 5.74) is 1.03. The van der Waals surface area contributed by atoms with E-state index < -0.39 is 0 Å². The van der Waals surface area contributed by atoms with Gasteiger partial charge in [0.25, 0.3) is 0 Å². The predicted octanol–water partition coefficient (Wildman–Crippen LogP) is 3.41. The molecule has 0 fully saturated rings. The topological polar surface area (TPSA) is 32.3 Å². The van der Waals surface area contributed by atoms with Gasteiger partial charge >= 0.3 is 0 Å². The van der Waals surface area contributed by atoms with Crippen molar-refractivity contribution in [3.05, 3.63) is 42.5 Å². The van der Waals surface area contributed by atoms with Crippen LogP contribution in [-0.2, 0) is 0 Å². The lowest BCUT2D eigenvalue weighted by Crippen LogP contribution is -2.31. The SMILES string of the molecule is CC(C)(CCO)Nc1cccc2ccccc12. The second-order valence-electron chi connectivity index (χ2n) is 5.01. The van der Waals surface area contributed by atoms with Crippen molar-refractivity contribution in [3.8, 4) is 0 Å². The first kappa shape index (κ1) is 11.9. The molecule has 90 valence electrons. The molecule has 2 aromatic carbocycles. The Morgan fingerprint density at radius 3 is 2.53 bits per heavy atom. The largest absolute Gasteiger partial charge is 0.396 e. The Morgan fingerprint density at radius 1 is 1.06 bits per heavy atom. The first-order chi connectivity index (χ1) is 8.12.